The molecular formula is C75H130N3O16+. The van der Waals surface area contributed by atoms with E-state index in [1.54, 1.807) is 125 Å². The molecule has 94 heavy (non-hydrogen) atoms. The zero-order valence-corrected chi connectivity index (χ0v) is 62.3. The van der Waals surface area contributed by atoms with E-state index < -0.39 is 98.3 Å². The number of pyridine rings is 1. The molecule has 1 aromatic heterocycles. The third kappa shape index (κ3) is 45.7. The standard InChI is InChI=1S/C75H129N3O16/c1-20-21-22-23-24-25-26-27-28-29-30-31-32-33-34-35-36-37-38-39-59(79)88-53-52-78-55-57(66(86)76-74(46-40-60(80)89-68(2,3)4,47-41-61(81)90-69(5,6)7)48-42-62(82)91-70(8,9)10)54-58(56-78)67(87)77-75(49-43-63(83)92-71(11,12)13,50-44-64(84)93-72(14,15)16)51-45-65(85)94-73(17,18)19/h54-56H,20-53H2,1-19H3,(H-,76,77,86,87)/p+1. The molecule has 1 rings (SSSR count). The number of aromatic nitrogens is 1. The number of rotatable bonds is 45. The lowest BCUT2D eigenvalue weighted by molar-refractivity contribution is -0.698. The minimum absolute atomic E-state index is 0.0194. The van der Waals surface area contributed by atoms with Crippen LogP contribution in [0, 0.1) is 0 Å². The van der Waals surface area contributed by atoms with Gasteiger partial charge in [-0.2, -0.15) is 4.57 Å². The molecule has 0 radical (unpaired) electrons. The van der Waals surface area contributed by atoms with Crippen LogP contribution in [0.15, 0.2) is 18.5 Å². The minimum atomic E-state index is -1.47. The van der Waals surface area contributed by atoms with Crippen molar-refractivity contribution in [3.05, 3.63) is 29.6 Å². The van der Waals surface area contributed by atoms with Crippen molar-refractivity contribution in [3.8, 4) is 0 Å². The van der Waals surface area contributed by atoms with Gasteiger partial charge >= 0.3 is 41.8 Å². The molecule has 0 aliphatic carbocycles. The third-order valence-electron chi connectivity index (χ3n) is 15.2. The number of esters is 7. The predicted octanol–water partition coefficient (Wildman–Crippen LogP) is 16.0. The van der Waals surface area contributed by atoms with E-state index in [1.165, 1.54) is 119 Å². The molecule has 2 N–H and O–H groups in total. The van der Waals surface area contributed by atoms with Crippen molar-refractivity contribution >= 4 is 53.6 Å². The molecule has 19 nitrogen and oxygen atoms in total. The molecule has 0 atom stereocenters. The summed E-state index contributed by atoms with van der Waals surface area (Å²) in [4.78, 5) is 125. The average molecular weight is 1330 g/mol. The highest BCUT2D eigenvalue weighted by Crippen LogP contribution is 2.32. The van der Waals surface area contributed by atoms with Crippen molar-refractivity contribution in [2.45, 2.75) is 388 Å². The second-order valence-electron chi connectivity index (χ2n) is 31.9. The first-order chi connectivity index (χ1) is 43.4. The summed E-state index contributed by atoms with van der Waals surface area (Å²) < 4.78 is 41.4. The molecule has 0 saturated carbocycles. The molecule has 1 heterocycles. The molecule has 19 heteroatoms. The first-order valence-electron chi connectivity index (χ1n) is 35.6. The highest BCUT2D eigenvalue weighted by molar-refractivity contribution is 5.99. The van der Waals surface area contributed by atoms with E-state index in [1.807, 2.05) is 0 Å². The normalized spacial score (nSPS) is 12.5. The molecule has 0 aromatic carbocycles. The number of unbranched alkanes of at least 4 members (excludes halogenated alkanes) is 18. The number of nitrogens with one attached hydrogen (secondary N) is 2. The summed E-state index contributed by atoms with van der Waals surface area (Å²) in [6.07, 6.45) is 24.7. The van der Waals surface area contributed by atoms with Crippen LogP contribution in [0.4, 0.5) is 0 Å². The Morgan fingerprint density at radius 1 is 0.319 bits per heavy atom. The minimum Gasteiger partial charge on any atom is -0.460 e. The van der Waals surface area contributed by atoms with Gasteiger partial charge in [-0.15, -0.1) is 0 Å². The van der Waals surface area contributed by atoms with Crippen molar-refractivity contribution in [2.75, 3.05) is 6.61 Å². The maximum absolute atomic E-state index is 15.3. The quantitative estimate of drug-likeness (QED) is 0.0267. The van der Waals surface area contributed by atoms with E-state index in [-0.39, 0.29) is 108 Å². The van der Waals surface area contributed by atoms with Crippen LogP contribution in [0.2, 0.25) is 0 Å². The van der Waals surface area contributed by atoms with Gasteiger partial charge in [-0.05, 0) is 176 Å². The van der Waals surface area contributed by atoms with Gasteiger partial charge in [0.1, 0.15) is 44.7 Å². The lowest BCUT2D eigenvalue weighted by atomic mass is 9.83. The topological polar surface area (TPSA) is 246 Å². The molecule has 2 amide bonds. The van der Waals surface area contributed by atoms with E-state index in [0.717, 1.165) is 19.3 Å². The van der Waals surface area contributed by atoms with Crippen LogP contribution >= 0.6 is 0 Å². The smallest absolute Gasteiger partial charge is 0.306 e. The molecule has 0 spiro atoms. The van der Waals surface area contributed by atoms with E-state index >= 15 is 9.59 Å². The highest BCUT2D eigenvalue weighted by atomic mass is 16.6. The first-order valence-corrected chi connectivity index (χ1v) is 35.6. The zero-order chi connectivity index (χ0) is 71.5. The van der Waals surface area contributed by atoms with Crippen LogP contribution in [0.3, 0.4) is 0 Å². The summed E-state index contributed by atoms with van der Waals surface area (Å²) >= 11 is 0. The van der Waals surface area contributed by atoms with E-state index in [0.29, 0.717) is 6.42 Å². The number of hydrogen-bond donors (Lipinski definition) is 2. The predicted molar refractivity (Wildman–Crippen MR) is 366 cm³/mol. The Morgan fingerprint density at radius 3 is 0.766 bits per heavy atom. The van der Waals surface area contributed by atoms with Crippen molar-refractivity contribution in [3.63, 3.8) is 0 Å². The first kappa shape index (κ1) is 86.4. The molecule has 0 saturated heterocycles. The fourth-order valence-corrected chi connectivity index (χ4v) is 10.9. The fourth-order valence-electron chi connectivity index (χ4n) is 10.9. The molecule has 0 aliphatic rings. The Kier molecular flexibility index (Phi) is 38.7. The summed E-state index contributed by atoms with van der Waals surface area (Å²) in [5.74, 6) is -5.43. The summed E-state index contributed by atoms with van der Waals surface area (Å²) in [6, 6.07) is 1.34. The largest absolute Gasteiger partial charge is 0.460 e. The molecule has 0 aliphatic heterocycles. The highest BCUT2D eigenvalue weighted by Gasteiger charge is 2.39. The Bertz CT molecular complexity index is 2190. The van der Waals surface area contributed by atoms with E-state index in [9.17, 15) is 33.6 Å². The fraction of sp³-hybridized carbons (Fsp3) is 0.813. The van der Waals surface area contributed by atoms with Gasteiger partial charge in [-0.1, -0.05) is 122 Å². The summed E-state index contributed by atoms with van der Waals surface area (Å²) in [5.41, 5.74) is -8.24. The van der Waals surface area contributed by atoms with Crippen LogP contribution in [0.25, 0.3) is 0 Å². The van der Waals surface area contributed by atoms with Crippen LogP contribution in [-0.4, -0.2) is 105 Å². The Labute approximate surface area is 567 Å². The van der Waals surface area contributed by atoms with E-state index in [4.69, 9.17) is 33.2 Å². The SMILES string of the molecule is CCCCCCCCCCCCCCCCCCCCCC(=O)OCC[n+]1cc(C(=O)NC(CCC(=O)OC(C)(C)C)(CCC(=O)OC(C)(C)C)CCC(=O)OC(C)(C)C)cc(C(=O)NC(CCC(=O)OC(C)(C)C)(CCC(=O)OC(C)(C)C)CCC(=O)OC(C)(C)C)c1. The van der Waals surface area contributed by atoms with Crippen molar-refractivity contribution < 1.29 is 80.9 Å². The summed E-state index contributed by atoms with van der Waals surface area (Å²) in [6.45, 7) is 33.1. The van der Waals surface area contributed by atoms with Crippen molar-refractivity contribution in [1.29, 1.82) is 0 Å². The number of carbonyl (C=O) groups is 9. The van der Waals surface area contributed by atoms with Gasteiger partial charge in [0, 0.05) is 56.0 Å². The van der Waals surface area contributed by atoms with Crippen LogP contribution < -0.4 is 15.2 Å². The number of nitrogens with zero attached hydrogens (tertiary/aromatic N) is 1. The monoisotopic (exact) mass is 1330 g/mol. The zero-order valence-electron chi connectivity index (χ0n) is 62.3. The van der Waals surface area contributed by atoms with Gasteiger partial charge in [0.05, 0.1) is 0 Å². The lowest BCUT2D eigenvalue weighted by Crippen LogP contribution is -2.51. The van der Waals surface area contributed by atoms with Crippen LogP contribution in [0.1, 0.15) is 358 Å². The number of amides is 2. The molecule has 540 valence electrons. The lowest BCUT2D eigenvalue weighted by Gasteiger charge is -2.36. The molecule has 0 unspecified atom stereocenters. The van der Waals surface area contributed by atoms with Gasteiger partial charge in [-0.3, -0.25) is 43.2 Å². The molecule has 0 bridgehead atoms. The second-order valence-corrected chi connectivity index (χ2v) is 31.9. The third-order valence-corrected chi connectivity index (χ3v) is 15.2. The van der Waals surface area contributed by atoms with Gasteiger partial charge in [0.2, 0.25) is 0 Å². The van der Waals surface area contributed by atoms with Gasteiger partial charge in [-0.25, -0.2) is 0 Å². The maximum Gasteiger partial charge on any atom is 0.306 e. The van der Waals surface area contributed by atoms with Gasteiger partial charge in [0.15, 0.2) is 25.5 Å². The number of hydrogen-bond acceptors (Lipinski definition) is 16. The summed E-state index contributed by atoms with van der Waals surface area (Å²) in [7, 11) is 0. The Morgan fingerprint density at radius 2 is 0.543 bits per heavy atom. The molecule has 1 aromatic rings. The molecule has 0 fully saturated rings. The van der Waals surface area contributed by atoms with Crippen molar-refractivity contribution in [1.82, 2.24) is 10.6 Å². The second kappa shape index (κ2) is 42.1. The Balaban J connectivity index is 3.82. The van der Waals surface area contributed by atoms with Crippen LogP contribution in [0.5, 0.6) is 0 Å². The van der Waals surface area contributed by atoms with Crippen molar-refractivity contribution in [2.24, 2.45) is 0 Å². The van der Waals surface area contributed by atoms with Gasteiger partial charge in [0.25, 0.3) is 11.8 Å². The van der Waals surface area contributed by atoms with E-state index in [2.05, 4.69) is 17.6 Å². The number of ether oxygens (including phenoxy) is 7. The molecular weight excluding hydrogens is 1200 g/mol. The summed E-state index contributed by atoms with van der Waals surface area (Å²) in [5, 5.41) is 6.18. The average Bonchev–Trinajstić information content (AvgIpc) is 0.812. The Hall–Kier alpha value is -5.62. The maximum atomic E-state index is 15.3. The number of carbonyl (C=O) groups excluding carboxylic acids is 9. The van der Waals surface area contributed by atoms with Crippen LogP contribution in [-0.2, 0) is 73.3 Å². The van der Waals surface area contributed by atoms with Gasteiger partial charge < -0.3 is 43.8 Å².